The third-order valence-corrected chi connectivity index (χ3v) is 5.83. The third kappa shape index (κ3) is 1.72. The topological polar surface area (TPSA) is 12.0 Å². The summed E-state index contributed by atoms with van der Waals surface area (Å²) in [7, 11) is 0. The second-order valence-electron chi connectivity index (χ2n) is 7.32. The van der Waals surface area contributed by atoms with Gasteiger partial charge in [-0.2, -0.15) is 0 Å². The molecule has 0 saturated heterocycles. The van der Waals surface area contributed by atoms with E-state index in [-0.39, 0.29) is 0 Å². The van der Waals surface area contributed by atoms with Crippen LogP contribution in [-0.2, 0) is 0 Å². The van der Waals surface area contributed by atoms with Crippen LogP contribution in [0.15, 0.2) is 30.3 Å². The molecule has 0 amide bonds. The summed E-state index contributed by atoms with van der Waals surface area (Å²) in [6.45, 7) is 9.55. The molecule has 0 atom stereocenters. The van der Waals surface area contributed by atoms with Gasteiger partial charge in [-0.1, -0.05) is 58.0 Å². The summed E-state index contributed by atoms with van der Waals surface area (Å²) in [5.41, 5.74) is 2.44. The highest BCUT2D eigenvalue weighted by Crippen LogP contribution is 2.63. The van der Waals surface area contributed by atoms with Gasteiger partial charge in [-0.15, -0.1) is 0 Å². The summed E-state index contributed by atoms with van der Waals surface area (Å²) in [4.78, 5) is 0. The highest BCUT2D eigenvalue weighted by molar-refractivity contribution is 5.24. The molecule has 0 unspecified atom stereocenters. The van der Waals surface area contributed by atoms with Crippen LogP contribution in [-0.4, -0.2) is 12.1 Å². The molecule has 0 spiro atoms. The maximum atomic E-state index is 3.87. The molecule has 1 aromatic carbocycles. The second kappa shape index (κ2) is 3.84. The SMILES string of the molecule is CC1(C)C(NC2CC(c3ccccc3)C2)C1(C)C. The van der Waals surface area contributed by atoms with Crippen molar-refractivity contribution in [3.05, 3.63) is 35.9 Å². The van der Waals surface area contributed by atoms with E-state index in [1.54, 1.807) is 0 Å². The van der Waals surface area contributed by atoms with Gasteiger partial charge in [0.25, 0.3) is 0 Å². The predicted octanol–water partition coefficient (Wildman–Crippen LogP) is 3.96. The van der Waals surface area contributed by atoms with Gasteiger partial charge in [-0.05, 0) is 35.2 Å². The summed E-state index contributed by atoms with van der Waals surface area (Å²) in [5, 5.41) is 3.87. The zero-order chi connectivity index (χ0) is 13.0. The van der Waals surface area contributed by atoms with E-state index in [0.717, 1.165) is 12.0 Å². The quantitative estimate of drug-likeness (QED) is 0.847. The molecular weight excluding hydrogens is 218 g/mol. The van der Waals surface area contributed by atoms with E-state index in [1.165, 1.54) is 18.4 Å². The van der Waals surface area contributed by atoms with Crippen LogP contribution in [0.2, 0.25) is 0 Å². The summed E-state index contributed by atoms with van der Waals surface area (Å²) < 4.78 is 0. The molecule has 98 valence electrons. The van der Waals surface area contributed by atoms with Gasteiger partial charge in [-0.25, -0.2) is 0 Å². The van der Waals surface area contributed by atoms with Crippen LogP contribution in [0.25, 0.3) is 0 Å². The first-order chi connectivity index (χ1) is 8.43. The molecule has 0 bridgehead atoms. The van der Waals surface area contributed by atoms with Crippen molar-refractivity contribution in [1.29, 1.82) is 0 Å². The average molecular weight is 243 g/mol. The lowest BCUT2D eigenvalue weighted by Gasteiger charge is -2.37. The molecule has 1 heteroatoms. The minimum Gasteiger partial charge on any atom is -0.310 e. The van der Waals surface area contributed by atoms with E-state index in [1.807, 2.05) is 0 Å². The van der Waals surface area contributed by atoms with Gasteiger partial charge in [-0.3, -0.25) is 0 Å². The Hall–Kier alpha value is -0.820. The Balaban J connectivity index is 1.53. The van der Waals surface area contributed by atoms with E-state index < -0.39 is 0 Å². The maximum Gasteiger partial charge on any atom is 0.0183 e. The third-order valence-electron chi connectivity index (χ3n) is 5.83. The molecule has 1 N–H and O–H groups in total. The molecule has 2 aliphatic carbocycles. The normalized spacial score (nSPS) is 32.9. The molecule has 0 radical (unpaired) electrons. The van der Waals surface area contributed by atoms with Crippen molar-refractivity contribution in [1.82, 2.24) is 5.32 Å². The highest BCUT2D eigenvalue weighted by atomic mass is 15.1. The Morgan fingerprint density at radius 3 is 2.00 bits per heavy atom. The second-order valence-corrected chi connectivity index (χ2v) is 7.32. The van der Waals surface area contributed by atoms with Crippen molar-refractivity contribution < 1.29 is 0 Å². The first-order valence-electron chi connectivity index (χ1n) is 7.24. The van der Waals surface area contributed by atoms with Gasteiger partial charge in [0.2, 0.25) is 0 Å². The van der Waals surface area contributed by atoms with Crippen LogP contribution in [0.3, 0.4) is 0 Å². The molecule has 0 aliphatic heterocycles. The smallest absolute Gasteiger partial charge is 0.0183 e. The fourth-order valence-electron chi connectivity index (χ4n) is 3.60. The van der Waals surface area contributed by atoms with Crippen molar-refractivity contribution in [2.75, 3.05) is 0 Å². The van der Waals surface area contributed by atoms with Crippen molar-refractivity contribution in [2.24, 2.45) is 10.8 Å². The standard InChI is InChI=1S/C17H25N/c1-16(2)15(17(16,3)4)18-14-10-13(11-14)12-8-6-5-7-9-12/h5-9,13-15,18H,10-11H2,1-4H3. The van der Waals surface area contributed by atoms with Crippen LogP contribution in [0.1, 0.15) is 52.0 Å². The van der Waals surface area contributed by atoms with Gasteiger partial charge in [0.15, 0.2) is 0 Å². The lowest BCUT2D eigenvalue weighted by Crippen LogP contribution is -2.43. The Labute approximate surface area is 111 Å². The van der Waals surface area contributed by atoms with Crippen LogP contribution >= 0.6 is 0 Å². The molecule has 18 heavy (non-hydrogen) atoms. The molecular formula is C17H25N. The lowest BCUT2D eigenvalue weighted by atomic mass is 9.76. The molecule has 2 fully saturated rings. The zero-order valence-corrected chi connectivity index (χ0v) is 12.0. The summed E-state index contributed by atoms with van der Waals surface area (Å²) in [6.07, 6.45) is 2.62. The van der Waals surface area contributed by atoms with Crippen molar-refractivity contribution in [3.8, 4) is 0 Å². The van der Waals surface area contributed by atoms with E-state index in [9.17, 15) is 0 Å². The predicted molar refractivity (Wildman–Crippen MR) is 76.7 cm³/mol. The number of nitrogens with one attached hydrogen (secondary N) is 1. The summed E-state index contributed by atoms with van der Waals surface area (Å²) >= 11 is 0. The fourth-order valence-corrected chi connectivity index (χ4v) is 3.60. The minimum atomic E-state index is 0.463. The monoisotopic (exact) mass is 243 g/mol. The molecule has 2 aliphatic rings. The van der Waals surface area contributed by atoms with Crippen LogP contribution in [0, 0.1) is 10.8 Å². The van der Waals surface area contributed by atoms with Gasteiger partial charge in [0, 0.05) is 12.1 Å². The highest BCUT2D eigenvalue weighted by Gasteiger charge is 2.65. The summed E-state index contributed by atoms with van der Waals surface area (Å²) in [5.74, 6) is 0.786. The maximum absolute atomic E-state index is 3.87. The first-order valence-corrected chi connectivity index (χ1v) is 7.24. The Morgan fingerprint density at radius 2 is 1.50 bits per heavy atom. The van der Waals surface area contributed by atoms with E-state index >= 15 is 0 Å². The van der Waals surface area contributed by atoms with Gasteiger partial charge in [0.05, 0.1) is 0 Å². The Kier molecular flexibility index (Phi) is 2.60. The average Bonchev–Trinajstić information content (AvgIpc) is 2.65. The van der Waals surface area contributed by atoms with Crippen molar-refractivity contribution in [2.45, 2.75) is 58.5 Å². The number of hydrogen-bond acceptors (Lipinski definition) is 1. The van der Waals surface area contributed by atoms with Gasteiger partial charge in [0.1, 0.15) is 0 Å². The lowest BCUT2D eigenvalue weighted by molar-refractivity contribution is 0.275. The van der Waals surface area contributed by atoms with Crippen LogP contribution in [0.5, 0.6) is 0 Å². The fraction of sp³-hybridized carbons (Fsp3) is 0.647. The molecule has 1 aromatic rings. The van der Waals surface area contributed by atoms with E-state index in [4.69, 9.17) is 0 Å². The molecule has 2 saturated carbocycles. The molecule has 1 nitrogen and oxygen atoms in total. The minimum absolute atomic E-state index is 0.463. The Bertz CT molecular complexity index is 412. The number of benzene rings is 1. The molecule has 0 heterocycles. The van der Waals surface area contributed by atoms with Crippen LogP contribution in [0.4, 0.5) is 0 Å². The van der Waals surface area contributed by atoms with E-state index in [0.29, 0.717) is 16.9 Å². The number of rotatable bonds is 3. The van der Waals surface area contributed by atoms with Gasteiger partial charge < -0.3 is 5.32 Å². The van der Waals surface area contributed by atoms with Crippen LogP contribution < -0.4 is 5.32 Å². The summed E-state index contributed by atoms with van der Waals surface area (Å²) in [6, 6.07) is 12.4. The van der Waals surface area contributed by atoms with Crippen molar-refractivity contribution in [3.63, 3.8) is 0 Å². The van der Waals surface area contributed by atoms with Gasteiger partial charge >= 0.3 is 0 Å². The Morgan fingerprint density at radius 1 is 0.944 bits per heavy atom. The first kappa shape index (κ1) is 12.2. The molecule has 3 rings (SSSR count). The van der Waals surface area contributed by atoms with E-state index in [2.05, 4.69) is 63.3 Å². The van der Waals surface area contributed by atoms with Crippen molar-refractivity contribution >= 4 is 0 Å². The number of hydrogen-bond donors (Lipinski definition) is 1. The largest absolute Gasteiger partial charge is 0.310 e. The zero-order valence-electron chi connectivity index (χ0n) is 12.0. The molecule has 0 aromatic heterocycles.